The Kier molecular flexibility index (Phi) is 13.1. The number of primary amides is 1. The number of aliphatic hydroxyl groups excluding tert-OH is 3. The van der Waals surface area contributed by atoms with Crippen LogP contribution >= 0.6 is 23.5 Å². The maximum Gasteiger partial charge on any atom is 1.00 e. The van der Waals surface area contributed by atoms with E-state index in [9.17, 15) is 53.4 Å². The van der Waals surface area contributed by atoms with Crippen molar-refractivity contribution in [2.24, 2.45) is 5.73 Å². The number of aliphatic hydroxyl groups is 3. The fraction of sp³-hybridized carbons (Fsp3) is 0.476. The van der Waals surface area contributed by atoms with E-state index in [0.717, 1.165) is 17.2 Å². The van der Waals surface area contributed by atoms with Gasteiger partial charge in [0.25, 0.3) is 27.8 Å². The summed E-state index contributed by atoms with van der Waals surface area (Å²) >= 11 is 0. The van der Waals surface area contributed by atoms with Gasteiger partial charge in [-0.2, -0.15) is 4.57 Å². The molecule has 3 aromatic heterocycles. The predicted octanol–water partition coefficient (Wildman–Crippen LogP) is -7.16. The van der Waals surface area contributed by atoms with Gasteiger partial charge in [0.05, 0.1) is 19.5 Å². The Morgan fingerprint density at radius 2 is 1.63 bits per heavy atom. The van der Waals surface area contributed by atoms with Crippen LogP contribution in [0.4, 0.5) is 5.82 Å². The first kappa shape index (κ1) is 40.5. The normalized spacial score (nSPS) is 29.7. The number of ether oxygens (including phenoxy) is 2. The second kappa shape index (κ2) is 15.8. The van der Waals surface area contributed by atoms with E-state index in [4.69, 9.17) is 20.9 Å². The van der Waals surface area contributed by atoms with E-state index >= 15 is 0 Å². The van der Waals surface area contributed by atoms with Crippen LogP contribution in [0.5, 0.6) is 0 Å². The second-order valence-electron chi connectivity index (χ2n) is 10.2. The third-order valence-electron chi connectivity index (χ3n) is 6.96. The molecule has 2 aliphatic heterocycles. The number of phosphoric acid groups is 3. The minimum absolute atomic E-state index is 0. The van der Waals surface area contributed by atoms with Crippen LogP contribution in [0.2, 0.25) is 0 Å². The first-order valence-electron chi connectivity index (χ1n) is 13.3. The van der Waals surface area contributed by atoms with Gasteiger partial charge in [0.2, 0.25) is 0 Å². The molecule has 0 spiro atoms. The first-order valence-corrected chi connectivity index (χ1v) is 17.8. The number of fused-ring (bicyclic) bond motifs is 1. The number of carbonyl (C=O) groups excluding carboxylic acids is 1. The fourth-order valence-corrected chi connectivity index (χ4v) is 7.38. The molecule has 0 radical (unpaired) electrons. The zero-order valence-corrected chi connectivity index (χ0v) is 30.7. The Morgan fingerprint density at radius 3 is 2.24 bits per heavy atom. The summed E-state index contributed by atoms with van der Waals surface area (Å²) in [6, 6.07) is 2.76. The van der Waals surface area contributed by atoms with Crippen molar-refractivity contribution in [2.45, 2.75) is 49.1 Å². The molecular weight excluding hydrogens is 754 g/mol. The van der Waals surface area contributed by atoms with Gasteiger partial charge >= 0.3 is 59.2 Å². The molecule has 2 aliphatic rings. The van der Waals surface area contributed by atoms with Crippen molar-refractivity contribution in [1.29, 1.82) is 0 Å². The summed E-state index contributed by atoms with van der Waals surface area (Å²) in [7, 11) is -16.9. The third-order valence-corrected chi connectivity index (χ3v) is 10.0. The molecule has 0 bridgehead atoms. The van der Waals surface area contributed by atoms with E-state index in [1.54, 1.807) is 0 Å². The van der Waals surface area contributed by atoms with Crippen LogP contribution < -0.4 is 77.2 Å². The molecule has 9 N–H and O–H groups in total. The number of phosphoric ester groups is 3. The van der Waals surface area contributed by atoms with Gasteiger partial charge in [-0.1, -0.05) is 0 Å². The van der Waals surface area contributed by atoms with Gasteiger partial charge in [0.1, 0.15) is 47.9 Å². The van der Waals surface area contributed by atoms with E-state index in [0.29, 0.717) is 0 Å². The molecule has 0 saturated carbocycles. The average Bonchev–Trinajstić information content (AvgIpc) is 3.64. The Morgan fingerprint density at radius 1 is 1.00 bits per heavy atom. The molecule has 10 atom stereocenters. The minimum atomic E-state index is -5.84. The third kappa shape index (κ3) is 9.61. The van der Waals surface area contributed by atoms with E-state index < -0.39 is 91.7 Å². The SMILES string of the molecule is NC(=O)c1ccc[n+]([C@@H]2O[C@H](COP(=O)([O-])OP(=O)([O-])OC[C@H]3O[C@@H](n4cnc5c(N)ncnc54)[C@H](OP(=O)(O)O)[C@@H]3O)[C@@H](O)[C@H]2O)c1.[K+]. The summed E-state index contributed by atoms with van der Waals surface area (Å²) in [6.07, 6.45) is -8.80. The van der Waals surface area contributed by atoms with E-state index in [1.165, 1.54) is 29.1 Å². The zero-order valence-electron chi connectivity index (χ0n) is 24.9. The summed E-state index contributed by atoms with van der Waals surface area (Å²) in [6.45, 7) is -2.21. The summed E-state index contributed by atoms with van der Waals surface area (Å²) in [5, 5.41) is 31.4. The maximum atomic E-state index is 12.4. The molecule has 5 heterocycles. The minimum Gasteiger partial charge on any atom is -0.756 e. The Balaban J connectivity index is 0.00000541. The largest absolute Gasteiger partial charge is 1.00 e. The molecule has 49 heavy (non-hydrogen) atoms. The summed E-state index contributed by atoms with van der Waals surface area (Å²) in [5.74, 6) is -0.876. The molecule has 3 aromatic rings. The number of hydrogen-bond acceptors (Lipinski definition) is 19. The van der Waals surface area contributed by atoms with Gasteiger partial charge in [-0.15, -0.1) is 0 Å². The quantitative estimate of drug-likeness (QED) is 0.0481. The number of nitrogens with two attached hydrogens (primary N) is 2. The number of pyridine rings is 1. The van der Waals surface area contributed by atoms with Crippen LogP contribution in [0.15, 0.2) is 37.2 Å². The van der Waals surface area contributed by atoms with Crippen molar-refractivity contribution in [1.82, 2.24) is 19.5 Å². The molecule has 0 aromatic carbocycles. The van der Waals surface area contributed by atoms with Gasteiger partial charge in [-0.3, -0.25) is 23.0 Å². The number of aromatic nitrogens is 5. The molecule has 264 valence electrons. The van der Waals surface area contributed by atoms with Crippen molar-refractivity contribution in [3.8, 4) is 0 Å². The van der Waals surface area contributed by atoms with Crippen molar-refractivity contribution in [3.05, 3.63) is 42.7 Å². The van der Waals surface area contributed by atoms with E-state index in [-0.39, 0.29) is 73.9 Å². The van der Waals surface area contributed by atoms with Gasteiger partial charge in [-0.25, -0.2) is 23.8 Å². The number of nitrogen functional groups attached to an aromatic ring is 1. The Bertz CT molecular complexity index is 1820. The van der Waals surface area contributed by atoms with Crippen LogP contribution in [0, 0.1) is 0 Å². The molecule has 0 aliphatic carbocycles. The van der Waals surface area contributed by atoms with Crippen LogP contribution in [0.25, 0.3) is 11.2 Å². The number of hydrogen-bond donors (Lipinski definition) is 7. The smallest absolute Gasteiger partial charge is 0.756 e. The van der Waals surface area contributed by atoms with Crippen molar-refractivity contribution >= 4 is 46.4 Å². The standard InChI is InChI=1S/C21H28N7O17P3.K/c22-17-12-19(25-7-24-17)28(8-26-12)21-16(44-46(33,34)35)14(30)11(43-21)6-41-48(38,39)45-47(36,37)40-5-10-13(29)15(31)20(42-10)27-3-1-2-9(4-27)18(23)32;/h1-4,7-8,10-11,13-16,20-21,29-31H,5-6H2,(H7-,22,23,24,25,32,33,34,35,36,37,38,39);/q;+1/p-1/t10-,11-,13-,14-,15-,16-,20-,21-;/m1./s1. The number of rotatable bonds is 13. The van der Waals surface area contributed by atoms with E-state index in [1.807, 2.05) is 0 Å². The number of nitrogens with zero attached hydrogens (tertiary/aromatic N) is 5. The van der Waals surface area contributed by atoms with Crippen molar-refractivity contribution < 1.29 is 137 Å². The average molecular weight is 781 g/mol. The second-order valence-corrected chi connectivity index (χ2v) is 14.4. The van der Waals surface area contributed by atoms with Crippen LogP contribution in [-0.2, 0) is 41.1 Å². The molecular formula is C21H27KN7O17P3. The van der Waals surface area contributed by atoms with Gasteiger partial charge in [-0.05, 0) is 6.07 Å². The number of carbonyl (C=O) groups is 1. The van der Waals surface area contributed by atoms with Gasteiger partial charge in [0.15, 0.2) is 36.2 Å². The summed E-state index contributed by atoms with van der Waals surface area (Å²) in [5.41, 5.74) is 11.0. The molecule has 2 fully saturated rings. The predicted molar refractivity (Wildman–Crippen MR) is 146 cm³/mol. The molecule has 1 amide bonds. The molecule has 5 rings (SSSR count). The molecule has 28 heteroatoms. The number of imidazole rings is 1. The Labute approximate surface area is 316 Å². The van der Waals surface area contributed by atoms with Crippen molar-refractivity contribution in [2.75, 3.05) is 18.9 Å². The van der Waals surface area contributed by atoms with Crippen LogP contribution in [-0.4, -0.2) is 100 Å². The molecule has 2 saturated heterocycles. The summed E-state index contributed by atoms with van der Waals surface area (Å²) < 4.78 is 67.4. The zero-order chi connectivity index (χ0) is 35.2. The summed E-state index contributed by atoms with van der Waals surface area (Å²) in [4.78, 5) is 66.6. The van der Waals surface area contributed by atoms with Crippen molar-refractivity contribution in [3.63, 3.8) is 0 Å². The van der Waals surface area contributed by atoms with Gasteiger partial charge in [0, 0.05) is 6.07 Å². The first-order chi connectivity index (χ1) is 22.4. The Hall–Kier alpha value is -1.22. The fourth-order valence-electron chi connectivity index (χ4n) is 4.82. The number of amides is 1. The van der Waals surface area contributed by atoms with Crippen LogP contribution in [0.3, 0.4) is 0 Å². The van der Waals surface area contributed by atoms with E-state index in [2.05, 4.69) is 32.8 Å². The molecule has 24 nitrogen and oxygen atoms in total. The van der Waals surface area contributed by atoms with Crippen LogP contribution in [0.1, 0.15) is 22.8 Å². The topological polar surface area (TPSA) is 370 Å². The number of anilines is 1. The molecule has 2 unspecified atom stereocenters. The maximum absolute atomic E-state index is 12.4. The van der Waals surface area contributed by atoms with Gasteiger partial charge < -0.3 is 64.9 Å². The monoisotopic (exact) mass is 781 g/mol.